The first kappa shape index (κ1) is 26.4. The highest BCUT2D eigenvalue weighted by Crippen LogP contribution is 2.48. The number of hydrogen-bond acceptors (Lipinski definition) is 6. The molecule has 3 N–H and O–H groups in total. The van der Waals surface area contributed by atoms with Crippen molar-refractivity contribution in [1.29, 1.82) is 0 Å². The molecule has 190 valence electrons. The third-order valence-electron chi connectivity index (χ3n) is 6.65. The van der Waals surface area contributed by atoms with E-state index in [9.17, 15) is 23.1 Å². The number of ether oxygens (including phenoxy) is 2. The molecule has 1 spiro atoms. The number of pyridine rings is 1. The zero-order valence-corrected chi connectivity index (χ0v) is 19.7. The number of rotatable bonds is 11. The maximum absolute atomic E-state index is 13.1. The summed E-state index contributed by atoms with van der Waals surface area (Å²) in [6.45, 7) is 4.89. The van der Waals surface area contributed by atoms with Gasteiger partial charge in [-0.2, -0.15) is 13.2 Å². The number of methoxy groups -OCH3 is 1. The highest BCUT2D eigenvalue weighted by molar-refractivity contribution is 5.77. The number of nitrogens with one attached hydrogen (secondary N) is 2. The van der Waals surface area contributed by atoms with Crippen molar-refractivity contribution in [2.24, 2.45) is 5.92 Å². The van der Waals surface area contributed by atoms with Gasteiger partial charge in [0.2, 0.25) is 11.8 Å². The number of hydrogen-bond donors (Lipinski definition) is 3. The molecule has 7 nitrogen and oxygen atoms in total. The predicted molar refractivity (Wildman–Crippen MR) is 120 cm³/mol. The summed E-state index contributed by atoms with van der Waals surface area (Å²) in [7, 11) is 1.41. The molecule has 1 amide bonds. The first-order valence-electron chi connectivity index (χ1n) is 11.6. The molecule has 0 bridgehead atoms. The SMILES string of the molecule is C=CC[C@H](NC(=O)COC)[C@H](O)CN[C@H]1CC2(CCC2)Oc2ncc(C[C@@H](C)C(F)(F)F)cc21. The Morgan fingerprint density at radius 2 is 2.21 bits per heavy atom. The summed E-state index contributed by atoms with van der Waals surface area (Å²) >= 11 is 0. The molecule has 1 aromatic rings. The molecular formula is C24H34F3N3O4. The van der Waals surface area contributed by atoms with Crippen LogP contribution in [0, 0.1) is 5.92 Å². The average molecular weight is 486 g/mol. The minimum atomic E-state index is -4.28. The summed E-state index contributed by atoms with van der Waals surface area (Å²) in [6.07, 6.45) is 1.52. The lowest BCUT2D eigenvalue weighted by Gasteiger charge is -2.47. The third-order valence-corrected chi connectivity index (χ3v) is 6.65. The lowest BCUT2D eigenvalue weighted by Crippen LogP contribution is -2.52. The van der Waals surface area contributed by atoms with E-state index in [1.807, 2.05) is 0 Å². The molecular weight excluding hydrogens is 451 g/mol. The van der Waals surface area contributed by atoms with Crippen LogP contribution in [0.4, 0.5) is 13.2 Å². The summed E-state index contributed by atoms with van der Waals surface area (Å²) in [5, 5.41) is 16.8. The number of alkyl halides is 3. The first-order chi connectivity index (χ1) is 16.1. The van der Waals surface area contributed by atoms with Gasteiger partial charge in [0.1, 0.15) is 12.2 Å². The second-order valence-corrected chi connectivity index (χ2v) is 9.39. The van der Waals surface area contributed by atoms with Gasteiger partial charge < -0.3 is 25.2 Å². The molecule has 0 radical (unpaired) electrons. The van der Waals surface area contributed by atoms with Gasteiger partial charge in [-0.25, -0.2) is 4.98 Å². The molecule has 1 aromatic heterocycles. The lowest BCUT2D eigenvalue weighted by molar-refractivity contribution is -0.169. The number of fused-ring (bicyclic) bond motifs is 1. The molecule has 0 saturated heterocycles. The van der Waals surface area contributed by atoms with Gasteiger partial charge in [-0.05, 0) is 43.7 Å². The Hall–Kier alpha value is -2.17. The van der Waals surface area contributed by atoms with Crippen molar-refractivity contribution in [3.63, 3.8) is 0 Å². The Labute approximate surface area is 198 Å². The molecule has 2 heterocycles. The molecule has 2 aliphatic rings. The minimum absolute atomic E-state index is 0.117. The molecule has 0 aromatic carbocycles. The highest BCUT2D eigenvalue weighted by Gasteiger charge is 2.46. The topological polar surface area (TPSA) is 92.7 Å². The normalized spacial score (nSPS) is 21.5. The van der Waals surface area contributed by atoms with E-state index in [1.54, 1.807) is 12.1 Å². The van der Waals surface area contributed by atoms with E-state index in [0.717, 1.165) is 26.2 Å². The van der Waals surface area contributed by atoms with Crippen molar-refractivity contribution in [2.75, 3.05) is 20.3 Å². The van der Waals surface area contributed by atoms with Gasteiger partial charge in [0.05, 0.1) is 18.1 Å². The maximum atomic E-state index is 13.1. The Morgan fingerprint density at radius 1 is 1.47 bits per heavy atom. The van der Waals surface area contributed by atoms with Crippen molar-refractivity contribution < 1.29 is 32.5 Å². The van der Waals surface area contributed by atoms with E-state index in [-0.39, 0.29) is 37.1 Å². The van der Waals surface area contributed by atoms with Gasteiger partial charge in [-0.15, -0.1) is 6.58 Å². The Bertz CT molecular complexity index is 860. The maximum Gasteiger partial charge on any atom is 0.391 e. The largest absolute Gasteiger partial charge is 0.471 e. The molecule has 3 rings (SSSR count). The van der Waals surface area contributed by atoms with E-state index in [0.29, 0.717) is 29.8 Å². The number of halogens is 3. The fraction of sp³-hybridized carbons (Fsp3) is 0.667. The molecule has 1 aliphatic carbocycles. The van der Waals surface area contributed by atoms with E-state index in [1.165, 1.54) is 13.3 Å². The molecule has 1 fully saturated rings. The van der Waals surface area contributed by atoms with Gasteiger partial charge in [-0.1, -0.05) is 13.0 Å². The van der Waals surface area contributed by atoms with Crippen LogP contribution >= 0.6 is 0 Å². The van der Waals surface area contributed by atoms with Crippen molar-refractivity contribution >= 4 is 5.91 Å². The number of amides is 1. The van der Waals surface area contributed by atoms with Gasteiger partial charge >= 0.3 is 6.18 Å². The number of aliphatic hydroxyl groups excluding tert-OH is 1. The number of aliphatic hydroxyl groups is 1. The van der Waals surface area contributed by atoms with Crippen molar-refractivity contribution in [1.82, 2.24) is 15.6 Å². The molecule has 0 unspecified atom stereocenters. The van der Waals surface area contributed by atoms with Gasteiger partial charge in [0, 0.05) is 37.9 Å². The number of aromatic nitrogens is 1. The molecule has 4 atom stereocenters. The third kappa shape index (κ3) is 6.49. The van der Waals surface area contributed by atoms with Gasteiger partial charge in [0.25, 0.3) is 0 Å². The predicted octanol–water partition coefficient (Wildman–Crippen LogP) is 3.23. The van der Waals surface area contributed by atoms with Crippen LogP contribution in [0.1, 0.15) is 56.2 Å². The average Bonchev–Trinajstić information content (AvgIpc) is 2.75. The minimum Gasteiger partial charge on any atom is -0.471 e. The van der Waals surface area contributed by atoms with Gasteiger partial charge in [0.15, 0.2) is 0 Å². The fourth-order valence-corrected chi connectivity index (χ4v) is 4.50. The van der Waals surface area contributed by atoms with Crippen LogP contribution in [0.15, 0.2) is 24.9 Å². The van der Waals surface area contributed by atoms with E-state index in [4.69, 9.17) is 9.47 Å². The standard InChI is InChI=1S/C24H34F3N3O4/c1-4-6-18(30-21(32)14-33-3)20(31)13-28-19-11-23(7-5-8-23)34-22-17(19)10-16(12-29-22)9-15(2)24(25,26)27/h4,10,12,15,18-20,28,31H,1,5-9,11,13-14H2,2-3H3,(H,30,32)/t15-,18+,19+,20-/m1/s1. The molecule has 1 aliphatic heterocycles. The monoisotopic (exact) mass is 485 g/mol. The van der Waals surface area contributed by atoms with E-state index < -0.39 is 24.2 Å². The Morgan fingerprint density at radius 3 is 2.79 bits per heavy atom. The summed E-state index contributed by atoms with van der Waals surface area (Å²) in [4.78, 5) is 16.3. The van der Waals surface area contributed by atoms with Crippen LogP contribution in [-0.4, -0.2) is 60.2 Å². The summed E-state index contributed by atoms with van der Waals surface area (Å²) in [6, 6.07) is 0.926. The summed E-state index contributed by atoms with van der Waals surface area (Å²) < 4.78 is 50.2. The Balaban J connectivity index is 1.74. The number of carbonyl (C=O) groups is 1. The van der Waals surface area contributed by atoms with Crippen LogP contribution < -0.4 is 15.4 Å². The summed E-state index contributed by atoms with van der Waals surface area (Å²) in [5.41, 5.74) is 0.845. The second kappa shape index (κ2) is 11.0. The molecule has 1 saturated carbocycles. The van der Waals surface area contributed by atoms with Crippen LogP contribution in [0.5, 0.6) is 5.88 Å². The zero-order valence-electron chi connectivity index (χ0n) is 19.7. The first-order valence-corrected chi connectivity index (χ1v) is 11.6. The van der Waals surface area contributed by atoms with Crippen LogP contribution in [0.2, 0.25) is 0 Å². The van der Waals surface area contributed by atoms with Crippen LogP contribution in [0.3, 0.4) is 0 Å². The molecule has 34 heavy (non-hydrogen) atoms. The quantitative estimate of drug-likeness (QED) is 0.417. The van der Waals surface area contributed by atoms with E-state index >= 15 is 0 Å². The van der Waals surface area contributed by atoms with Gasteiger partial charge in [-0.3, -0.25) is 4.79 Å². The highest BCUT2D eigenvalue weighted by atomic mass is 19.4. The number of carbonyl (C=O) groups excluding carboxylic acids is 1. The van der Waals surface area contributed by atoms with Crippen molar-refractivity contribution in [3.8, 4) is 5.88 Å². The van der Waals surface area contributed by atoms with Crippen molar-refractivity contribution in [2.45, 2.75) is 75.4 Å². The zero-order chi connectivity index (χ0) is 24.9. The van der Waals surface area contributed by atoms with Crippen LogP contribution in [-0.2, 0) is 16.0 Å². The smallest absolute Gasteiger partial charge is 0.391 e. The van der Waals surface area contributed by atoms with E-state index in [2.05, 4.69) is 22.2 Å². The number of nitrogens with zero attached hydrogens (tertiary/aromatic N) is 1. The lowest BCUT2D eigenvalue weighted by atomic mass is 9.73. The molecule has 10 heteroatoms. The Kier molecular flexibility index (Phi) is 8.59. The van der Waals surface area contributed by atoms with Crippen molar-refractivity contribution in [3.05, 3.63) is 36.0 Å². The fourth-order valence-electron chi connectivity index (χ4n) is 4.50. The van der Waals surface area contributed by atoms with Crippen LogP contribution in [0.25, 0.3) is 0 Å². The summed E-state index contributed by atoms with van der Waals surface area (Å²) in [5.74, 6) is -1.40. The second-order valence-electron chi connectivity index (χ2n) is 9.39.